The molecule has 2 rings (SSSR count). The summed E-state index contributed by atoms with van der Waals surface area (Å²) in [4.78, 5) is 8.39. The van der Waals surface area contributed by atoms with E-state index in [2.05, 4.69) is 15.3 Å². The van der Waals surface area contributed by atoms with Gasteiger partial charge < -0.3 is 5.32 Å². The maximum atomic E-state index is 6.14. The number of aromatic nitrogens is 2. The van der Waals surface area contributed by atoms with Crippen LogP contribution in [0, 0.1) is 0 Å². The smallest absolute Gasteiger partial charge is 0.145 e. The van der Waals surface area contributed by atoms with Crippen LogP contribution in [-0.4, -0.2) is 16.5 Å². The standard InChI is InChI=1S/C12H11Cl2N3/c1-2-16-12-10(14)7-9(13)11(17-12)8-3-5-15-6-4-8/h3-7H,2H2,1H3,(H,16,17). The third-order valence-corrected chi connectivity index (χ3v) is 2.80. The molecule has 0 aliphatic carbocycles. The molecule has 0 amide bonds. The Hall–Kier alpha value is -1.32. The molecule has 0 saturated heterocycles. The zero-order chi connectivity index (χ0) is 12.3. The molecule has 0 unspecified atom stereocenters. The summed E-state index contributed by atoms with van der Waals surface area (Å²) in [6.07, 6.45) is 3.41. The minimum atomic E-state index is 0.523. The Balaban J connectivity index is 2.51. The highest BCUT2D eigenvalue weighted by Gasteiger charge is 2.10. The quantitative estimate of drug-likeness (QED) is 0.917. The highest BCUT2D eigenvalue weighted by atomic mass is 35.5. The lowest BCUT2D eigenvalue weighted by molar-refractivity contribution is 1.16. The highest BCUT2D eigenvalue weighted by molar-refractivity contribution is 6.37. The zero-order valence-corrected chi connectivity index (χ0v) is 10.8. The summed E-state index contributed by atoms with van der Waals surface area (Å²) in [5.41, 5.74) is 1.62. The van der Waals surface area contributed by atoms with Crippen LogP contribution < -0.4 is 5.32 Å². The van der Waals surface area contributed by atoms with Crippen molar-refractivity contribution in [3.8, 4) is 11.3 Å². The van der Waals surface area contributed by atoms with E-state index in [9.17, 15) is 0 Å². The Morgan fingerprint density at radius 3 is 2.53 bits per heavy atom. The number of anilines is 1. The first kappa shape index (κ1) is 12.1. The molecule has 88 valence electrons. The zero-order valence-electron chi connectivity index (χ0n) is 9.24. The summed E-state index contributed by atoms with van der Waals surface area (Å²) in [5.74, 6) is 0.644. The van der Waals surface area contributed by atoms with Gasteiger partial charge in [-0.25, -0.2) is 4.98 Å². The van der Waals surface area contributed by atoms with Crippen molar-refractivity contribution in [2.75, 3.05) is 11.9 Å². The van der Waals surface area contributed by atoms with Gasteiger partial charge in [-0.1, -0.05) is 23.2 Å². The van der Waals surface area contributed by atoms with Crippen LogP contribution in [0.25, 0.3) is 11.3 Å². The first-order valence-electron chi connectivity index (χ1n) is 5.22. The van der Waals surface area contributed by atoms with E-state index in [0.29, 0.717) is 21.6 Å². The second-order valence-electron chi connectivity index (χ2n) is 3.42. The number of halogens is 2. The van der Waals surface area contributed by atoms with Crippen LogP contribution in [-0.2, 0) is 0 Å². The number of rotatable bonds is 3. The molecule has 2 aromatic rings. The fourth-order valence-electron chi connectivity index (χ4n) is 1.47. The third kappa shape index (κ3) is 2.68. The fraction of sp³-hybridized carbons (Fsp3) is 0.167. The van der Waals surface area contributed by atoms with E-state index >= 15 is 0 Å². The van der Waals surface area contributed by atoms with Gasteiger partial charge in [0.25, 0.3) is 0 Å². The number of pyridine rings is 2. The third-order valence-electron chi connectivity index (χ3n) is 2.23. The van der Waals surface area contributed by atoms with E-state index in [1.807, 2.05) is 19.1 Å². The van der Waals surface area contributed by atoms with E-state index in [1.165, 1.54) is 0 Å². The normalized spacial score (nSPS) is 10.3. The Morgan fingerprint density at radius 2 is 1.88 bits per heavy atom. The van der Waals surface area contributed by atoms with Gasteiger partial charge >= 0.3 is 0 Å². The van der Waals surface area contributed by atoms with Crippen molar-refractivity contribution in [3.63, 3.8) is 0 Å². The summed E-state index contributed by atoms with van der Waals surface area (Å²) in [7, 11) is 0. The molecule has 2 aromatic heterocycles. The Bertz CT molecular complexity index is 515. The molecule has 0 atom stereocenters. The summed E-state index contributed by atoms with van der Waals surface area (Å²) in [5, 5.41) is 4.15. The van der Waals surface area contributed by atoms with Gasteiger partial charge in [-0.3, -0.25) is 4.98 Å². The van der Waals surface area contributed by atoms with E-state index in [4.69, 9.17) is 23.2 Å². The molecular formula is C12H11Cl2N3. The Labute approximate surface area is 110 Å². The molecule has 3 nitrogen and oxygen atoms in total. The van der Waals surface area contributed by atoms with Gasteiger partial charge in [-0.15, -0.1) is 0 Å². The van der Waals surface area contributed by atoms with Gasteiger partial charge in [0, 0.05) is 24.5 Å². The molecule has 0 spiro atoms. The first-order valence-corrected chi connectivity index (χ1v) is 5.98. The van der Waals surface area contributed by atoms with Gasteiger partial charge in [0.05, 0.1) is 15.7 Å². The summed E-state index contributed by atoms with van der Waals surface area (Å²) in [6, 6.07) is 5.42. The molecule has 0 bridgehead atoms. The molecule has 5 heteroatoms. The van der Waals surface area contributed by atoms with E-state index in [0.717, 1.165) is 12.1 Å². The molecule has 17 heavy (non-hydrogen) atoms. The van der Waals surface area contributed by atoms with Gasteiger partial charge in [-0.2, -0.15) is 0 Å². The van der Waals surface area contributed by atoms with Crippen molar-refractivity contribution in [2.45, 2.75) is 6.92 Å². The summed E-state index contributed by atoms with van der Waals surface area (Å²) >= 11 is 12.2. The monoisotopic (exact) mass is 267 g/mol. The Morgan fingerprint density at radius 1 is 1.18 bits per heavy atom. The topological polar surface area (TPSA) is 37.8 Å². The van der Waals surface area contributed by atoms with E-state index < -0.39 is 0 Å². The van der Waals surface area contributed by atoms with Crippen molar-refractivity contribution >= 4 is 29.0 Å². The molecule has 1 N–H and O–H groups in total. The highest BCUT2D eigenvalue weighted by Crippen LogP contribution is 2.31. The van der Waals surface area contributed by atoms with Crippen molar-refractivity contribution in [3.05, 3.63) is 40.6 Å². The molecule has 0 saturated carbocycles. The molecule has 0 aliphatic rings. The second-order valence-corrected chi connectivity index (χ2v) is 4.23. The van der Waals surface area contributed by atoms with Crippen molar-refractivity contribution in [1.29, 1.82) is 0 Å². The predicted octanol–water partition coefficient (Wildman–Crippen LogP) is 3.88. The van der Waals surface area contributed by atoms with Gasteiger partial charge in [-0.05, 0) is 25.1 Å². The summed E-state index contributed by atoms with van der Waals surface area (Å²) < 4.78 is 0. The van der Waals surface area contributed by atoms with Gasteiger partial charge in [0.15, 0.2) is 0 Å². The lowest BCUT2D eigenvalue weighted by Crippen LogP contribution is -2.01. The number of hydrogen-bond acceptors (Lipinski definition) is 3. The molecule has 2 heterocycles. The van der Waals surface area contributed by atoms with Crippen LogP contribution >= 0.6 is 23.2 Å². The summed E-state index contributed by atoms with van der Waals surface area (Å²) in [6.45, 7) is 2.74. The van der Waals surface area contributed by atoms with Crippen molar-refractivity contribution in [2.24, 2.45) is 0 Å². The average Bonchev–Trinajstić information content (AvgIpc) is 2.34. The van der Waals surface area contributed by atoms with Gasteiger partial charge in [0.1, 0.15) is 5.82 Å². The van der Waals surface area contributed by atoms with Crippen LogP contribution in [0.2, 0.25) is 10.0 Å². The molecular weight excluding hydrogens is 257 g/mol. The molecule has 0 fully saturated rings. The van der Waals surface area contributed by atoms with Crippen LogP contribution in [0.1, 0.15) is 6.92 Å². The number of hydrogen-bond donors (Lipinski definition) is 1. The number of nitrogens with one attached hydrogen (secondary N) is 1. The van der Waals surface area contributed by atoms with Crippen LogP contribution in [0.15, 0.2) is 30.6 Å². The lowest BCUT2D eigenvalue weighted by Gasteiger charge is -2.09. The Kier molecular flexibility index (Phi) is 3.82. The van der Waals surface area contributed by atoms with Crippen LogP contribution in [0.3, 0.4) is 0 Å². The predicted molar refractivity (Wildman–Crippen MR) is 71.7 cm³/mol. The fourth-order valence-corrected chi connectivity index (χ4v) is 2.00. The maximum Gasteiger partial charge on any atom is 0.145 e. The molecule has 0 aromatic carbocycles. The van der Waals surface area contributed by atoms with Crippen molar-refractivity contribution in [1.82, 2.24) is 9.97 Å². The van der Waals surface area contributed by atoms with Crippen LogP contribution in [0.5, 0.6) is 0 Å². The second kappa shape index (κ2) is 5.34. The first-order chi connectivity index (χ1) is 8.22. The van der Waals surface area contributed by atoms with Gasteiger partial charge in [0.2, 0.25) is 0 Å². The molecule has 0 radical (unpaired) electrons. The SMILES string of the molecule is CCNc1nc(-c2ccncc2)c(Cl)cc1Cl. The van der Waals surface area contributed by atoms with E-state index in [-0.39, 0.29) is 0 Å². The lowest BCUT2D eigenvalue weighted by atomic mass is 10.2. The minimum absolute atomic E-state index is 0.523. The minimum Gasteiger partial charge on any atom is -0.369 e. The van der Waals surface area contributed by atoms with Crippen molar-refractivity contribution < 1.29 is 0 Å². The van der Waals surface area contributed by atoms with Crippen LogP contribution in [0.4, 0.5) is 5.82 Å². The van der Waals surface area contributed by atoms with E-state index in [1.54, 1.807) is 18.5 Å². The number of nitrogens with zero attached hydrogens (tertiary/aromatic N) is 2. The molecule has 0 aliphatic heterocycles. The average molecular weight is 268 g/mol. The largest absolute Gasteiger partial charge is 0.369 e. The maximum absolute atomic E-state index is 6.14.